The molecule has 1 atom stereocenters. The summed E-state index contributed by atoms with van der Waals surface area (Å²) in [6, 6.07) is 7.87. The molecule has 1 N–H and O–H groups in total. The van der Waals surface area contributed by atoms with Crippen molar-refractivity contribution in [3.8, 4) is 0 Å². The van der Waals surface area contributed by atoms with Crippen molar-refractivity contribution in [3.05, 3.63) is 35.9 Å². The van der Waals surface area contributed by atoms with Gasteiger partial charge >= 0.3 is 0 Å². The van der Waals surface area contributed by atoms with E-state index in [4.69, 9.17) is 0 Å². The van der Waals surface area contributed by atoms with E-state index in [1.165, 1.54) is 0 Å². The molecule has 0 aliphatic heterocycles. The number of amides is 1. The maximum Gasteiger partial charge on any atom is 0.251 e. The highest BCUT2D eigenvalue weighted by molar-refractivity contribution is 8.14. The summed E-state index contributed by atoms with van der Waals surface area (Å²) in [7, 11) is 0. The van der Waals surface area contributed by atoms with Gasteiger partial charge in [-0.25, -0.2) is 0 Å². The van der Waals surface area contributed by atoms with Crippen molar-refractivity contribution in [2.75, 3.05) is 5.75 Å². The average Bonchev–Trinajstić information content (AvgIpc) is 2.44. The molecule has 0 fully saturated rings. The van der Waals surface area contributed by atoms with Crippen LogP contribution in [-0.4, -0.2) is 28.8 Å². The Bertz CT molecular complexity index is 502. The molecule has 0 saturated carbocycles. The van der Waals surface area contributed by atoms with E-state index < -0.39 is 17.8 Å². The standard InChI is InChI=1S/C15H19NO4S/c1-10(2)8-12(15(20)21-9-13(17)18)16-14(19)11-6-4-3-5-7-11/h3-7,10,12H,8-9H2,1-2H3,(H,16,19)(H,17,18)/p-1/t12-/m0/s1. The molecule has 0 spiro atoms. The van der Waals surface area contributed by atoms with Crippen LogP contribution >= 0.6 is 11.8 Å². The summed E-state index contributed by atoms with van der Waals surface area (Å²) in [4.78, 5) is 34.5. The van der Waals surface area contributed by atoms with E-state index in [1.807, 2.05) is 13.8 Å². The van der Waals surface area contributed by atoms with Crippen molar-refractivity contribution in [2.24, 2.45) is 5.92 Å². The van der Waals surface area contributed by atoms with Gasteiger partial charge in [-0.3, -0.25) is 9.59 Å². The molecule has 0 heterocycles. The maximum atomic E-state index is 12.1. The number of rotatable bonds is 7. The second-order valence-corrected chi connectivity index (χ2v) is 5.98. The number of thioether (sulfide) groups is 1. The lowest BCUT2D eigenvalue weighted by atomic mass is 10.0. The predicted molar refractivity (Wildman–Crippen MR) is 79.6 cm³/mol. The smallest absolute Gasteiger partial charge is 0.251 e. The number of benzene rings is 1. The number of aliphatic carboxylic acids is 1. The van der Waals surface area contributed by atoms with Gasteiger partial charge in [-0.05, 0) is 24.5 Å². The molecule has 1 rings (SSSR count). The molecule has 0 saturated heterocycles. The third-order valence-electron chi connectivity index (χ3n) is 2.67. The zero-order valence-electron chi connectivity index (χ0n) is 12.0. The van der Waals surface area contributed by atoms with Gasteiger partial charge in [0.1, 0.15) is 0 Å². The zero-order valence-corrected chi connectivity index (χ0v) is 12.8. The minimum absolute atomic E-state index is 0.193. The van der Waals surface area contributed by atoms with Crippen LogP contribution in [0.3, 0.4) is 0 Å². The SMILES string of the molecule is CC(C)C[C@H](NC(=O)c1ccccc1)C(=O)SCC(=O)[O-]. The van der Waals surface area contributed by atoms with Gasteiger partial charge in [-0.2, -0.15) is 0 Å². The molecule has 0 bridgehead atoms. The van der Waals surface area contributed by atoms with Gasteiger partial charge in [0, 0.05) is 11.3 Å². The number of carbonyl (C=O) groups excluding carboxylic acids is 3. The largest absolute Gasteiger partial charge is 0.549 e. The molecule has 1 aromatic carbocycles. The second-order valence-electron chi connectivity index (χ2n) is 5.00. The Balaban J connectivity index is 2.71. The topological polar surface area (TPSA) is 86.3 Å². The molecule has 1 aromatic rings. The van der Waals surface area contributed by atoms with E-state index in [2.05, 4.69) is 5.32 Å². The molecule has 6 heteroatoms. The quantitative estimate of drug-likeness (QED) is 0.806. The van der Waals surface area contributed by atoms with E-state index in [9.17, 15) is 19.5 Å². The van der Waals surface area contributed by atoms with Crippen molar-refractivity contribution < 1.29 is 19.5 Å². The van der Waals surface area contributed by atoms with E-state index in [-0.39, 0.29) is 16.9 Å². The Labute approximate surface area is 128 Å². The molecular weight excluding hydrogens is 290 g/mol. The first-order valence-corrected chi connectivity index (χ1v) is 7.61. The summed E-state index contributed by atoms with van der Waals surface area (Å²) >= 11 is 0.656. The molecule has 21 heavy (non-hydrogen) atoms. The van der Waals surface area contributed by atoms with E-state index in [0.717, 1.165) is 0 Å². The van der Waals surface area contributed by atoms with E-state index >= 15 is 0 Å². The lowest BCUT2D eigenvalue weighted by molar-refractivity contribution is -0.301. The normalized spacial score (nSPS) is 12.0. The Hall–Kier alpha value is -1.82. The van der Waals surface area contributed by atoms with Gasteiger partial charge in [-0.15, -0.1) is 0 Å². The van der Waals surface area contributed by atoms with Crippen molar-refractivity contribution >= 4 is 28.8 Å². The second kappa shape index (κ2) is 8.46. The molecule has 5 nitrogen and oxygen atoms in total. The van der Waals surface area contributed by atoms with Crippen LogP contribution in [0.1, 0.15) is 30.6 Å². The Morgan fingerprint density at radius 1 is 1.19 bits per heavy atom. The summed E-state index contributed by atoms with van der Waals surface area (Å²) < 4.78 is 0. The van der Waals surface area contributed by atoms with Crippen molar-refractivity contribution in [1.82, 2.24) is 5.32 Å². The monoisotopic (exact) mass is 308 g/mol. The first kappa shape index (κ1) is 17.2. The third-order valence-corrected chi connectivity index (χ3v) is 3.61. The summed E-state index contributed by atoms with van der Waals surface area (Å²) in [5.74, 6) is -1.86. The minimum Gasteiger partial charge on any atom is -0.549 e. The Morgan fingerprint density at radius 2 is 1.81 bits per heavy atom. The van der Waals surface area contributed by atoms with Crippen LogP contribution in [0.4, 0.5) is 0 Å². The van der Waals surface area contributed by atoms with Gasteiger partial charge in [-0.1, -0.05) is 43.8 Å². The number of hydrogen-bond donors (Lipinski definition) is 1. The lowest BCUT2D eigenvalue weighted by Crippen LogP contribution is -2.41. The van der Waals surface area contributed by atoms with Crippen LogP contribution in [0.15, 0.2) is 30.3 Å². The molecule has 0 aliphatic carbocycles. The fourth-order valence-electron chi connectivity index (χ4n) is 1.75. The number of carboxylic acids is 1. The number of carbonyl (C=O) groups is 3. The van der Waals surface area contributed by atoms with Gasteiger partial charge < -0.3 is 15.2 Å². The third kappa shape index (κ3) is 6.44. The highest BCUT2D eigenvalue weighted by Gasteiger charge is 2.22. The summed E-state index contributed by atoms with van der Waals surface area (Å²) in [5.41, 5.74) is 0.462. The Kier molecular flexibility index (Phi) is 6.94. The predicted octanol–water partition coefficient (Wildman–Crippen LogP) is 0.841. The van der Waals surface area contributed by atoms with Crippen molar-refractivity contribution in [1.29, 1.82) is 0 Å². The molecule has 114 valence electrons. The summed E-state index contributed by atoms with van der Waals surface area (Å²) in [5, 5.41) is 12.7. The van der Waals surface area contributed by atoms with Gasteiger partial charge in [0.25, 0.3) is 5.91 Å². The fraction of sp³-hybridized carbons (Fsp3) is 0.400. The van der Waals surface area contributed by atoms with E-state index in [0.29, 0.717) is 23.7 Å². The first-order valence-electron chi connectivity index (χ1n) is 6.62. The van der Waals surface area contributed by atoms with Crippen LogP contribution < -0.4 is 10.4 Å². The zero-order chi connectivity index (χ0) is 15.8. The van der Waals surface area contributed by atoms with Crippen LogP contribution in [0.5, 0.6) is 0 Å². The van der Waals surface area contributed by atoms with Crippen molar-refractivity contribution in [2.45, 2.75) is 26.3 Å². The first-order chi connectivity index (χ1) is 9.90. The van der Waals surface area contributed by atoms with Crippen LogP contribution in [0, 0.1) is 5.92 Å². The van der Waals surface area contributed by atoms with Crippen molar-refractivity contribution in [3.63, 3.8) is 0 Å². The van der Waals surface area contributed by atoms with Crippen LogP contribution in [-0.2, 0) is 9.59 Å². The summed E-state index contributed by atoms with van der Waals surface area (Å²) in [6.45, 7) is 3.86. The fourth-order valence-corrected chi connectivity index (χ4v) is 2.36. The molecule has 0 unspecified atom stereocenters. The molecule has 0 aliphatic rings. The average molecular weight is 308 g/mol. The van der Waals surface area contributed by atoms with Crippen LogP contribution in [0.25, 0.3) is 0 Å². The maximum absolute atomic E-state index is 12.1. The van der Waals surface area contributed by atoms with Gasteiger partial charge in [0.15, 0.2) is 0 Å². The number of nitrogens with one attached hydrogen (secondary N) is 1. The molecule has 0 radical (unpaired) electrons. The van der Waals surface area contributed by atoms with Gasteiger partial charge in [0.2, 0.25) is 5.12 Å². The molecule has 1 amide bonds. The summed E-state index contributed by atoms with van der Waals surface area (Å²) in [6.07, 6.45) is 0.456. The van der Waals surface area contributed by atoms with Gasteiger partial charge in [0.05, 0.1) is 12.0 Å². The lowest BCUT2D eigenvalue weighted by Gasteiger charge is -2.19. The highest BCUT2D eigenvalue weighted by atomic mass is 32.2. The van der Waals surface area contributed by atoms with Crippen LogP contribution in [0.2, 0.25) is 0 Å². The number of hydrogen-bond acceptors (Lipinski definition) is 5. The highest BCUT2D eigenvalue weighted by Crippen LogP contribution is 2.14. The molecular formula is C15H18NO4S-. The Morgan fingerprint density at radius 3 is 2.33 bits per heavy atom. The number of carboxylic acid groups (broad SMARTS) is 1. The molecule has 0 aromatic heterocycles. The van der Waals surface area contributed by atoms with E-state index in [1.54, 1.807) is 30.3 Å². The minimum atomic E-state index is -1.30.